The molecule has 1 saturated heterocycles. The summed E-state index contributed by atoms with van der Waals surface area (Å²) in [6.45, 7) is 8.42. The predicted molar refractivity (Wildman–Crippen MR) is 105 cm³/mol. The molecule has 2 aromatic rings. The van der Waals surface area contributed by atoms with E-state index in [0.717, 1.165) is 6.42 Å². The number of rotatable bonds is 3. The van der Waals surface area contributed by atoms with Crippen LogP contribution in [0.3, 0.4) is 0 Å². The first-order valence-corrected chi connectivity index (χ1v) is 10.1. The second-order valence-corrected chi connectivity index (χ2v) is 9.09. The highest BCUT2D eigenvalue weighted by Crippen LogP contribution is 2.72. The third kappa shape index (κ3) is 1.97. The molecule has 0 amide bonds. The molecule has 2 nitrogen and oxygen atoms in total. The lowest BCUT2D eigenvalue weighted by Crippen LogP contribution is -2.47. The number of fused-ring (bicyclic) bond motifs is 2. The van der Waals surface area contributed by atoms with Gasteiger partial charge >= 0.3 is 0 Å². The minimum atomic E-state index is 0.189. The quantitative estimate of drug-likeness (QED) is 0.838. The van der Waals surface area contributed by atoms with Gasteiger partial charge in [-0.05, 0) is 73.8 Å². The number of aryl methyl sites for hydroxylation is 1. The van der Waals surface area contributed by atoms with Crippen LogP contribution in [-0.2, 0) is 11.8 Å². The zero-order valence-electron chi connectivity index (χ0n) is 16.1. The van der Waals surface area contributed by atoms with Crippen LogP contribution < -0.4 is 0 Å². The summed E-state index contributed by atoms with van der Waals surface area (Å²) in [5, 5.41) is 10.0. The van der Waals surface area contributed by atoms with Crippen molar-refractivity contribution in [2.45, 2.75) is 57.0 Å². The van der Waals surface area contributed by atoms with E-state index in [9.17, 15) is 5.11 Å². The van der Waals surface area contributed by atoms with Crippen LogP contribution in [0.1, 0.15) is 56.3 Å². The maximum absolute atomic E-state index is 10.0. The van der Waals surface area contributed by atoms with E-state index in [1.54, 1.807) is 17.2 Å². The third-order valence-corrected chi connectivity index (χ3v) is 7.85. The lowest BCUT2D eigenvalue weighted by molar-refractivity contribution is 0.0695. The van der Waals surface area contributed by atoms with E-state index in [1.165, 1.54) is 24.9 Å². The van der Waals surface area contributed by atoms with Crippen LogP contribution >= 0.6 is 0 Å². The molecule has 136 valence electrons. The fraction of sp³-hybridized carbons (Fsp3) is 0.500. The van der Waals surface area contributed by atoms with E-state index < -0.39 is 0 Å². The second-order valence-electron chi connectivity index (χ2n) is 9.09. The van der Waals surface area contributed by atoms with Crippen molar-refractivity contribution in [1.29, 1.82) is 0 Å². The van der Waals surface area contributed by atoms with Crippen LogP contribution in [0.25, 0.3) is 0 Å². The van der Waals surface area contributed by atoms with Gasteiger partial charge in [-0.2, -0.15) is 0 Å². The van der Waals surface area contributed by atoms with Crippen molar-refractivity contribution in [3.05, 3.63) is 65.2 Å². The minimum Gasteiger partial charge on any atom is -0.508 e. The van der Waals surface area contributed by atoms with Gasteiger partial charge in [0.05, 0.1) is 0 Å². The van der Waals surface area contributed by atoms with Gasteiger partial charge in [-0.1, -0.05) is 43.3 Å². The van der Waals surface area contributed by atoms with E-state index in [4.69, 9.17) is 0 Å². The van der Waals surface area contributed by atoms with Gasteiger partial charge in [-0.3, -0.25) is 4.90 Å². The standard InChI is InChI=1S/C24H29NO/c1-4-24(17-9-7-10-18(26)14-17)20-15-25(23(2,3)22(20)24)21-13-12-16-8-5-6-11-19(16)21/h5-11,14,20-22,26H,4,12-13,15H2,1-3H3. The Hall–Kier alpha value is -1.80. The van der Waals surface area contributed by atoms with Crippen LogP contribution in [0, 0.1) is 11.8 Å². The van der Waals surface area contributed by atoms with Crippen molar-refractivity contribution < 1.29 is 5.11 Å². The maximum Gasteiger partial charge on any atom is 0.115 e. The summed E-state index contributed by atoms with van der Waals surface area (Å²) in [6, 6.07) is 17.6. The highest BCUT2D eigenvalue weighted by atomic mass is 16.3. The number of aromatic hydroxyl groups is 1. The second kappa shape index (κ2) is 5.36. The number of benzene rings is 2. The van der Waals surface area contributed by atoms with E-state index in [1.807, 2.05) is 12.1 Å². The van der Waals surface area contributed by atoms with Crippen LogP contribution in [0.4, 0.5) is 0 Å². The van der Waals surface area contributed by atoms with Crippen molar-refractivity contribution in [2.75, 3.05) is 6.54 Å². The number of hydrogen-bond acceptors (Lipinski definition) is 2. The summed E-state index contributed by atoms with van der Waals surface area (Å²) in [5.41, 5.74) is 4.88. The predicted octanol–water partition coefficient (Wildman–Crippen LogP) is 5.07. The van der Waals surface area contributed by atoms with E-state index >= 15 is 0 Å². The number of likely N-dealkylation sites (tertiary alicyclic amines) is 1. The monoisotopic (exact) mass is 347 g/mol. The van der Waals surface area contributed by atoms with Crippen LogP contribution in [0.15, 0.2) is 48.5 Å². The molecule has 2 fully saturated rings. The van der Waals surface area contributed by atoms with Crippen molar-refractivity contribution in [1.82, 2.24) is 4.90 Å². The molecule has 1 saturated carbocycles. The highest BCUT2D eigenvalue weighted by molar-refractivity contribution is 5.45. The van der Waals surface area contributed by atoms with Gasteiger partial charge in [0, 0.05) is 23.5 Å². The summed E-state index contributed by atoms with van der Waals surface area (Å²) >= 11 is 0. The molecule has 0 aromatic heterocycles. The summed E-state index contributed by atoms with van der Waals surface area (Å²) in [5.74, 6) is 1.78. The minimum absolute atomic E-state index is 0.189. The molecule has 0 bridgehead atoms. The molecule has 1 aliphatic heterocycles. The topological polar surface area (TPSA) is 23.5 Å². The molecule has 26 heavy (non-hydrogen) atoms. The van der Waals surface area contributed by atoms with Crippen molar-refractivity contribution in [3.63, 3.8) is 0 Å². The maximum atomic E-state index is 10.0. The number of phenolic OH excluding ortho intramolecular Hbond substituents is 1. The SMILES string of the molecule is CCC1(c2cccc(O)c2)C2CN(C3CCc4ccccc43)C(C)(C)C21. The first-order chi connectivity index (χ1) is 12.5. The largest absolute Gasteiger partial charge is 0.508 e. The van der Waals surface area contributed by atoms with Crippen molar-refractivity contribution in [2.24, 2.45) is 11.8 Å². The normalized spacial score (nSPS) is 34.5. The van der Waals surface area contributed by atoms with Crippen LogP contribution in [0.2, 0.25) is 0 Å². The van der Waals surface area contributed by atoms with Gasteiger partial charge in [-0.15, -0.1) is 0 Å². The first-order valence-electron chi connectivity index (χ1n) is 10.1. The lowest BCUT2D eigenvalue weighted by atomic mass is 9.81. The number of nitrogens with zero attached hydrogens (tertiary/aromatic N) is 1. The highest BCUT2D eigenvalue weighted by Gasteiger charge is 2.74. The van der Waals surface area contributed by atoms with Crippen molar-refractivity contribution >= 4 is 0 Å². The third-order valence-electron chi connectivity index (χ3n) is 7.85. The Kier molecular flexibility index (Phi) is 3.37. The Morgan fingerprint density at radius 2 is 1.92 bits per heavy atom. The molecule has 2 aliphatic carbocycles. The molecule has 2 heteroatoms. The van der Waals surface area contributed by atoms with Gasteiger partial charge in [-0.25, -0.2) is 0 Å². The molecule has 1 heterocycles. The number of hydrogen-bond donors (Lipinski definition) is 1. The van der Waals surface area contributed by atoms with Gasteiger partial charge < -0.3 is 5.11 Å². The fourth-order valence-electron chi connectivity index (χ4n) is 6.80. The molecular formula is C24H29NO. The molecule has 0 radical (unpaired) electrons. The molecule has 3 aliphatic rings. The van der Waals surface area contributed by atoms with Crippen molar-refractivity contribution in [3.8, 4) is 5.75 Å². The Balaban J connectivity index is 1.48. The van der Waals surface area contributed by atoms with E-state index in [2.05, 4.69) is 56.0 Å². The van der Waals surface area contributed by atoms with E-state index in [0.29, 0.717) is 23.6 Å². The van der Waals surface area contributed by atoms with Gasteiger partial charge in [0.15, 0.2) is 0 Å². The number of phenols is 1. The summed E-state index contributed by atoms with van der Waals surface area (Å²) in [7, 11) is 0. The van der Waals surface area contributed by atoms with Crippen LogP contribution in [-0.4, -0.2) is 22.1 Å². The zero-order valence-corrected chi connectivity index (χ0v) is 16.1. The Labute approximate surface area is 156 Å². The Morgan fingerprint density at radius 3 is 2.62 bits per heavy atom. The fourth-order valence-corrected chi connectivity index (χ4v) is 6.80. The van der Waals surface area contributed by atoms with Gasteiger partial charge in [0.1, 0.15) is 5.75 Å². The smallest absolute Gasteiger partial charge is 0.115 e. The molecular weight excluding hydrogens is 318 g/mol. The average molecular weight is 348 g/mol. The van der Waals surface area contributed by atoms with E-state index in [-0.39, 0.29) is 11.0 Å². The Morgan fingerprint density at radius 1 is 1.12 bits per heavy atom. The lowest BCUT2D eigenvalue weighted by Gasteiger charge is -2.43. The summed E-state index contributed by atoms with van der Waals surface area (Å²) < 4.78 is 0. The van der Waals surface area contributed by atoms with Gasteiger partial charge in [0.25, 0.3) is 0 Å². The first kappa shape index (κ1) is 16.4. The summed E-state index contributed by atoms with van der Waals surface area (Å²) in [6.07, 6.45) is 3.63. The Bertz CT molecular complexity index is 857. The molecule has 4 unspecified atom stereocenters. The molecule has 4 atom stereocenters. The average Bonchev–Trinajstić information content (AvgIpc) is 2.97. The van der Waals surface area contributed by atoms with Gasteiger partial charge in [0.2, 0.25) is 0 Å². The molecule has 5 rings (SSSR count). The number of piperidine rings is 1. The molecule has 0 spiro atoms. The molecule has 2 aromatic carbocycles. The zero-order chi connectivity index (χ0) is 18.1. The summed E-state index contributed by atoms with van der Waals surface area (Å²) in [4.78, 5) is 2.80. The van der Waals surface area contributed by atoms with Crippen LogP contribution in [0.5, 0.6) is 5.75 Å². The molecule has 1 N–H and O–H groups in total.